The minimum Gasteiger partial charge on any atom is -0.462 e. The van der Waals surface area contributed by atoms with Crippen LogP contribution in [0.2, 0.25) is 0 Å². The number of hydrogen-bond acceptors (Lipinski definition) is 6. The van der Waals surface area contributed by atoms with Gasteiger partial charge in [-0.2, -0.15) is 0 Å². The van der Waals surface area contributed by atoms with E-state index >= 15 is 0 Å². The van der Waals surface area contributed by atoms with Crippen LogP contribution in [0, 0.1) is 0 Å². The van der Waals surface area contributed by atoms with Gasteiger partial charge in [0, 0.05) is 19.3 Å². The second-order valence-corrected chi connectivity index (χ2v) is 23.1. The van der Waals surface area contributed by atoms with Crippen LogP contribution in [0.15, 0.2) is 12.2 Å². The van der Waals surface area contributed by atoms with Gasteiger partial charge in [-0.3, -0.25) is 14.4 Å². The van der Waals surface area contributed by atoms with Crippen molar-refractivity contribution in [2.45, 2.75) is 393 Å². The normalized spacial score (nSPS) is 12.0. The molecule has 0 N–H and O–H groups in total. The molecule has 1 unspecified atom stereocenters. The van der Waals surface area contributed by atoms with Gasteiger partial charge in [0.2, 0.25) is 0 Å². The minimum absolute atomic E-state index is 0.0650. The van der Waals surface area contributed by atoms with Crippen molar-refractivity contribution in [1.82, 2.24) is 0 Å². The first kappa shape index (κ1) is 72.2. The van der Waals surface area contributed by atoms with Crippen LogP contribution < -0.4 is 0 Å². The van der Waals surface area contributed by atoms with Crippen LogP contribution in [-0.2, 0) is 28.6 Å². The topological polar surface area (TPSA) is 78.9 Å². The standard InChI is InChI=1S/C68H130O6/c1-4-7-10-13-16-19-22-25-28-30-31-32-33-34-35-36-38-40-43-46-49-52-55-58-61-67(70)73-64-65(63-72-66(69)60-57-54-51-48-45-42-39-27-24-21-18-15-12-9-6-3)74-68(71)62-59-56-53-50-47-44-41-37-29-26-23-20-17-14-11-8-5-2/h26,29,65H,4-25,27-28,30-64H2,1-3H3/b29-26-. The van der Waals surface area contributed by atoms with Gasteiger partial charge in [0.1, 0.15) is 13.2 Å². The third-order valence-corrected chi connectivity index (χ3v) is 15.5. The highest BCUT2D eigenvalue weighted by Gasteiger charge is 2.19. The van der Waals surface area contributed by atoms with E-state index in [4.69, 9.17) is 14.2 Å². The van der Waals surface area contributed by atoms with Gasteiger partial charge in [0.25, 0.3) is 0 Å². The predicted molar refractivity (Wildman–Crippen MR) is 321 cm³/mol. The lowest BCUT2D eigenvalue weighted by Gasteiger charge is -2.18. The maximum atomic E-state index is 12.9. The smallest absolute Gasteiger partial charge is 0.306 e. The molecule has 0 spiro atoms. The molecule has 0 saturated heterocycles. The number of unbranched alkanes of at least 4 members (excludes halogenated alkanes) is 50. The Morgan fingerprint density at radius 2 is 0.446 bits per heavy atom. The largest absolute Gasteiger partial charge is 0.462 e. The average Bonchev–Trinajstić information content (AvgIpc) is 3.40. The number of carbonyl (C=O) groups excluding carboxylic acids is 3. The molecule has 0 rings (SSSR count). The van der Waals surface area contributed by atoms with Crippen LogP contribution in [0.25, 0.3) is 0 Å². The Bertz CT molecular complexity index is 1150. The summed E-state index contributed by atoms with van der Waals surface area (Å²) in [6.45, 7) is 6.72. The molecule has 0 aliphatic rings. The predicted octanol–water partition coefficient (Wildman–Crippen LogP) is 22.8. The fourth-order valence-corrected chi connectivity index (χ4v) is 10.4. The minimum atomic E-state index is -0.768. The molecule has 1 atom stereocenters. The van der Waals surface area contributed by atoms with Crippen LogP contribution in [-0.4, -0.2) is 37.2 Å². The van der Waals surface area contributed by atoms with Crippen LogP contribution in [0.1, 0.15) is 387 Å². The summed E-state index contributed by atoms with van der Waals surface area (Å²) in [7, 11) is 0. The Hall–Kier alpha value is -1.85. The van der Waals surface area contributed by atoms with Crippen molar-refractivity contribution in [2.24, 2.45) is 0 Å². The van der Waals surface area contributed by atoms with Crippen molar-refractivity contribution < 1.29 is 28.6 Å². The van der Waals surface area contributed by atoms with E-state index in [-0.39, 0.29) is 31.1 Å². The third kappa shape index (κ3) is 61.0. The lowest BCUT2D eigenvalue weighted by molar-refractivity contribution is -0.167. The molecule has 0 aromatic carbocycles. The van der Waals surface area contributed by atoms with Crippen LogP contribution in [0.3, 0.4) is 0 Å². The molecule has 0 aromatic rings. The molecule has 0 amide bonds. The van der Waals surface area contributed by atoms with Crippen LogP contribution in [0.4, 0.5) is 0 Å². The van der Waals surface area contributed by atoms with E-state index in [1.165, 1.54) is 289 Å². The number of allylic oxidation sites excluding steroid dienone is 2. The highest BCUT2D eigenvalue weighted by Crippen LogP contribution is 2.19. The summed E-state index contributed by atoms with van der Waals surface area (Å²) >= 11 is 0. The van der Waals surface area contributed by atoms with Crippen molar-refractivity contribution in [3.05, 3.63) is 12.2 Å². The van der Waals surface area contributed by atoms with Gasteiger partial charge < -0.3 is 14.2 Å². The summed E-state index contributed by atoms with van der Waals surface area (Å²) < 4.78 is 17.0. The molecule has 438 valence electrons. The van der Waals surface area contributed by atoms with Gasteiger partial charge in [-0.25, -0.2) is 0 Å². The van der Waals surface area contributed by atoms with Gasteiger partial charge >= 0.3 is 17.9 Å². The van der Waals surface area contributed by atoms with E-state index in [0.717, 1.165) is 57.8 Å². The molecule has 0 fully saturated rings. The highest BCUT2D eigenvalue weighted by molar-refractivity contribution is 5.71. The van der Waals surface area contributed by atoms with Crippen LogP contribution >= 0.6 is 0 Å². The molecule has 0 aromatic heterocycles. The van der Waals surface area contributed by atoms with Gasteiger partial charge in [-0.1, -0.05) is 335 Å². The quantitative estimate of drug-likeness (QED) is 0.0261. The second kappa shape index (κ2) is 63.7. The first-order chi connectivity index (χ1) is 36.5. The first-order valence-electron chi connectivity index (χ1n) is 33.7. The van der Waals surface area contributed by atoms with Crippen molar-refractivity contribution in [1.29, 1.82) is 0 Å². The van der Waals surface area contributed by atoms with E-state index in [9.17, 15) is 14.4 Å². The molecular weight excluding hydrogens is 913 g/mol. The van der Waals surface area contributed by atoms with E-state index in [2.05, 4.69) is 32.9 Å². The summed E-state index contributed by atoms with van der Waals surface area (Å²) in [5.41, 5.74) is 0. The number of rotatable bonds is 63. The SMILES string of the molecule is CCCCCCCC/C=C\CCCCCCCCCC(=O)OC(COC(=O)CCCCCCCCCCCCCCCCC)COC(=O)CCCCCCCCCCCCCCCCCCCCCCCCCC. The van der Waals surface area contributed by atoms with E-state index < -0.39 is 6.10 Å². The summed E-state index contributed by atoms with van der Waals surface area (Å²) in [6, 6.07) is 0. The fourth-order valence-electron chi connectivity index (χ4n) is 10.4. The summed E-state index contributed by atoms with van der Waals surface area (Å²) in [4.78, 5) is 38.3. The number of esters is 3. The Labute approximate surface area is 462 Å². The molecule has 0 aliphatic carbocycles. The summed E-state index contributed by atoms with van der Waals surface area (Å²) in [5, 5.41) is 0. The Morgan fingerprint density at radius 1 is 0.257 bits per heavy atom. The van der Waals surface area contributed by atoms with Gasteiger partial charge in [-0.05, 0) is 44.9 Å². The molecule has 6 heteroatoms. The lowest BCUT2D eigenvalue weighted by Crippen LogP contribution is -2.30. The van der Waals surface area contributed by atoms with Crippen molar-refractivity contribution in [3.8, 4) is 0 Å². The highest BCUT2D eigenvalue weighted by atomic mass is 16.6. The molecule has 0 radical (unpaired) electrons. The van der Waals surface area contributed by atoms with Crippen molar-refractivity contribution >= 4 is 17.9 Å². The maximum absolute atomic E-state index is 12.9. The fraction of sp³-hybridized carbons (Fsp3) is 0.926. The summed E-state index contributed by atoms with van der Waals surface area (Å²) in [5.74, 6) is -0.836. The van der Waals surface area contributed by atoms with Crippen molar-refractivity contribution in [2.75, 3.05) is 13.2 Å². The Balaban J connectivity index is 4.24. The average molecular weight is 1040 g/mol. The first-order valence-corrected chi connectivity index (χ1v) is 33.7. The zero-order chi connectivity index (χ0) is 53.6. The van der Waals surface area contributed by atoms with E-state index in [1.807, 2.05) is 0 Å². The molecule has 6 nitrogen and oxygen atoms in total. The lowest BCUT2D eigenvalue weighted by atomic mass is 10.0. The molecule has 0 aliphatic heterocycles. The molecule has 0 heterocycles. The monoisotopic (exact) mass is 1040 g/mol. The number of carbonyl (C=O) groups is 3. The molecule has 74 heavy (non-hydrogen) atoms. The number of hydrogen-bond donors (Lipinski definition) is 0. The summed E-state index contributed by atoms with van der Waals surface area (Å²) in [6.07, 6.45) is 75.1. The molecule has 0 bridgehead atoms. The van der Waals surface area contributed by atoms with Gasteiger partial charge in [0.05, 0.1) is 0 Å². The number of ether oxygens (including phenoxy) is 3. The van der Waals surface area contributed by atoms with Gasteiger partial charge in [0.15, 0.2) is 6.10 Å². The zero-order valence-electron chi connectivity index (χ0n) is 50.4. The van der Waals surface area contributed by atoms with E-state index in [1.54, 1.807) is 0 Å². The second-order valence-electron chi connectivity index (χ2n) is 23.1. The Morgan fingerprint density at radius 3 is 0.676 bits per heavy atom. The van der Waals surface area contributed by atoms with Crippen molar-refractivity contribution in [3.63, 3.8) is 0 Å². The van der Waals surface area contributed by atoms with Gasteiger partial charge in [-0.15, -0.1) is 0 Å². The zero-order valence-corrected chi connectivity index (χ0v) is 50.4. The molecule has 0 saturated carbocycles. The third-order valence-electron chi connectivity index (χ3n) is 15.5. The van der Waals surface area contributed by atoms with E-state index in [0.29, 0.717) is 19.3 Å². The van der Waals surface area contributed by atoms with Crippen LogP contribution in [0.5, 0.6) is 0 Å². The Kier molecular flexibility index (Phi) is 62.1. The molecular formula is C68H130O6. The maximum Gasteiger partial charge on any atom is 0.306 e.